The Morgan fingerprint density at radius 3 is 2.24 bits per heavy atom. The quantitative estimate of drug-likeness (QED) is 0.269. The van der Waals surface area contributed by atoms with Gasteiger partial charge in [-0.25, -0.2) is 32.0 Å². The van der Waals surface area contributed by atoms with Gasteiger partial charge in [0.2, 0.25) is 5.95 Å². The van der Waals surface area contributed by atoms with E-state index in [-0.39, 0.29) is 14.9 Å². The molecule has 1 heterocycles. The number of alkyl halides is 3. The number of hydrogen-bond donors (Lipinski definition) is 3. The summed E-state index contributed by atoms with van der Waals surface area (Å²) in [6, 6.07) is 5.66. The summed E-state index contributed by atoms with van der Waals surface area (Å²) in [6.07, 6.45) is -2.30. The lowest BCUT2D eigenvalue weighted by atomic mass is 10.1. The molecule has 0 fully saturated rings. The number of aromatic nitrogens is 2. The Balaban J connectivity index is 0.000000638. The van der Waals surface area contributed by atoms with Crippen molar-refractivity contribution in [2.45, 2.75) is 18.0 Å². The average Bonchev–Trinajstić information content (AvgIpc) is 2.83. The van der Waals surface area contributed by atoms with E-state index in [0.29, 0.717) is 18.1 Å². The molecule has 16 heteroatoms. The van der Waals surface area contributed by atoms with Gasteiger partial charge in [-0.1, -0.05) is 35.0 Å². The number of hydrogen-bond acceptors (Lipinski definition) is 6. The van der Waals surface area contributed by atoms with Crippen LogP contribution in [0.25, 0.3) is 0 Å². The van der Waals surface area contributed by atoms with Crippen molar-refractivity contribution in [1.82, 2.24) is 9.97 Å². The Morgan fingerprint density at radius 1 is 1.08 bits per heavy atom. The third-order valence-electron chi connectivity index (χ3n) is 4.08. The van der Waals surface area contributed by atoms with Crippen LogP contribution in [-0.4, -0.2) is 42.2 Å². The van der Waals surface area contributed by atoms with Crippen molar-refractivity contribution >= 4 is 50.8 Å². The lowest BCUT2D eigenvalue weighted by Gasteiger charge is -2.11. The molecular formula is C22H15Cl2F5N4O4S. The number of nitrogens with zero attached hydrogens (tertiary/aromatic N) is 2. The maximum Gasteiger partial charge on any atom is 0.490 e. The number of carbonyl (C=O) groups is 1. The van der Waals surface area contributed by atoms with Crippen LogP contribution in [0.15, 0.2) is 47.6 Å². The second-order valence-corrected chi connectivity index (χ2v) is 9.34. The number of benzene rings is 2. The highest BCUT2D eigenvalue weighted by molar-refractivity contribution is 7.92. The maximum absolute atomic E-state index is 14.9. The van der Waals surface area contributed by atoms with E-state index in [9.17, 15) is 30.4 Å². The summed E-state index contributed by atoms with van der Waals surface area (Å²) in [5, 5.41) is 10.0. The van der Waals surface area contributed by atoms with Crippen LogP contribution in [0.4, 0.5) is 33.6 Å². The Morgan fingerprint density at radius 2 is 1.68 bits per heavy atom. The van der Waals surface area contributed by atoms with Gasteiger partial charge < -0.3 is 10.4 Å². The second kappa shape index (κ2) is 12.7. The molecule has 3 aromatic rings. The summed E-state index contributed by atoms with van der Waals surface area (Å²) in [6.45, 7) is 2.51. The number of carboxylic acids is 1. The Kier molecular flexibility index (Phi) is 10.2. The van der Waals surface area contributed by atoms with Crippen molar-refractivity contribution in [3.63, 3.8) is 0 Å². The van der Waals surface area contributed by atoms with Gasteiger partial charge in [0, 0.05) is 24.0 Å². The Hall–Kier alpha value is -3.67. The maximum atomic E-state index is 14.9. The standard InChI is InChI=1S/C20H14Cl2F2N4O2S.C2HF3O2/c1-2-25-20-26-10-12(11-27-20)3-5-14-16(23)7-8-17(19(14)24)28-31(29,30)18-9-13(21)4-6-15(18)22;3-2(4,5)1(6)7/h4,6-11,28H,2H2,1H3,(H,25,26,27);(H,6,7). The fourth-order valence-electron chi connectivity index (χ4n) is 2.41. The highest BCUT2D eigenvalue weighted by Gasteiger charge is 2.38. The van der Waals surface area contributed by atoms with Crippen LogP contribution in [0.5, 0.6) is 0 Å². The van der Waals surface area contributed by atoms with E-state index in [0.717, 1.165) is 18.2 Å². The number of aliphatic carboxylic acids is 1. The third-order valence-corrected chi connectivity index (χ3v) is 6.16. The first kappa shape index (κ1) is 30.6. The van der Waals surface area contributed by atoms with Crippen LogP contribution in [0.1, 0.15) is 18.1 Å². The molecule has 1 aromatic heterocycles. The van der Waals surface area contributed by atoms with E-state index in [2.05, 4.69) is 27.1 Å². The lowest BCUT2D eigenvalue weighted by Crippen LogP contribution is -2.21. The van der Waals surface area contributed by atoms with Gasteiger partial charge in [-0.05, 0) is 37.3 Å². The van der Waals surface area contributed by atoms with E-state index in [1.54, 1.807) is 0 Å². The molecule has 0 atom stereocenters. The molecule has 0 saturated carbocycles. The molecule has 0 radical (unpaired) electrons. The van der Waals surface area contributed by atoms with Crippen molar-refractivity contribution in [3.8, 4) is 11.8 Å². The normalized spacial score (nSPS) is 10.9. The fraction of sp³-hybridized carbons (Fsp3) is 0.136. The highest BCUT2D eigenvalue weighted by Crippen LogP contribution is 2.29. The molecule has 8 nitrogen and oxygen atoms in total. The predicted molar refractivity (Wildman–Crippen MR) is 129 cm³/mol. The number of nitrogens with one attached hydrogen (secondary N) is 2. The molecule has 0 bridgehead atoms. The van der Waals surface area contributed by atoms with Crippen molar-refractivity contribution in [2.24, 2.45) is 0 Å². The molecule has 0 unspecified atom stereocenters. The minimum atomic E-state index is -5.08. The molecule has 0 amide bonds. The highest BCUT2D eigenvalue weighted by atomic mass is 35.5. The molecule has 0 spiro atoms. The molecule has 3 rings (SSSR count). The monoisotopic (exact) mass is 596 g/mol. The van der Waals surface area contributed by atoms with Gasteiger partial charge in [-0.15, -0.1) is 0 Å². The average molecular weight is 597 g/mol. The van der Waals surface area contributed by atoms with Crippen LogP contribution < -0.4 is 10.0 Å². The Labute approximate surface area is 222 Å². The molecule has 2 aromatic carbocycles. The Bertz CT molecular complexity index is 1490. The summed E-state index contributed by atoms with van der Waals surface area (Å²) in [5.74, 6) is 0.398. The first-order valence-corrected chi connectivity index (χ1v) is 12.2. The van der Waals surface area contributed by atoms with E-state index in [1.165, 1.54) is 24.5 Å². The number of anilines is 2. The molecule has 202 valence electrons. The van der Waals surface area contributed by atoms with Gasteiger partial charge in [0.05, 0.1) is 21.8 Å². The van der Waals surface area contributed by atoms with Gasteiger partial charge in [-0.2, -0.15) is 13.2 Å². The van der Waals surface area contributed by atoms with Gasteiger partial charge in [0.1, 0.15) is 10.7 Å². The van der Waals surface area contributed by atoms with Crippen LogP contribution in [-0.2, 0) is 14.8 Å². The van der Waals surface area contributed by atoms with E-state index in [1.807, 2.05) is 11.6 Å². The van der Waals surface area contributed by atoms with Gasteiger partial charge >= 0.3 is 12.1 Å². The summed E-state index contributed by atoms with van der Waals surface area (Å²) < 4.78 is 88.0. The van der Waals surface area contributed by atoms with Crippen LogP contribution in [0.3, 0.4) is 0 Å². The zero-order valence-electron chi connectivity index (χ0n) is 18.9. The van der Waals surface area contributed by atoms with E-state index >= 15 is 0 Å². The van der Waals surface area contributed by atoms with E-state index in [4.69, 9.17) is 33.1 Å². The summed E-state index contributed by atoms with van der Waals surface area (Å²) in [4.78, 5) is 16.6. The summed E-state index contributed by atoms with van der Waals surface area (Å²) in [5.41, 5.74) is -0.800. The number of rotatable bonds is 5. The molecule has 3 N–H and O–H groups in total. The largest absolute Gasteiger partial charge is 0.490 e. The first-order valence-electron chi connectivity index (χ1n) is 9.99. The fourth-order valence-corrected chi connectivity index (χ4v) is 4.23. The van der Waals surface area contributed by atoms with Gasteiger partial charge in [0.25, 0.3) is 10.0 Å². The topological polar surface area (TPSA) is 121 Å². The summed E-state index contributed by atoms with van der Waals surface area (Å²) in [7, 11) is -4.30. The third kappa shape index (κ3) is 8.44. The molecular weight excluding hydrogens is 582 g/mol. The van der Waals surface area contributed by atoms with Crippen molar-refractivity contribution < 1.29 is 40.3 Å². The SMILES string of the molecule is CCNc1ncc(C#Cc2c(F)ccc(NS(=O)(=O)c3cc(Cl)ccc3Cl)c2F)cn1.O=C(O)C(F)(F)F. The van der Waals surface area contributed by atoms with Crippen LogP contribution in [0, 0.1) is 23.5 Å². The summed E-state index contributed by atoms with van der Waals surface area (Å²) >= 11 is 11.7. The second-order valence-electron chi connectivity index (χ2n) is 6.84. The van der Waals surface area contributed by atoms with E-state index < -0.39 is 45.1 Å². The van der Waals surface area contributed by atoms with Crippen molar-refractivity contribution in [3.05, 3.63) is 75.5 Å². The first-order chi connectivity index (χ1) is 17.7. The molecule has 0 aliphatic rings. The van der Waals surface area contributed by atoms with Crippen molar-refractivity contribution in [1.29, 1.82) is 0 Å². The van der Waals surface area contributed by atoms with Crippen molar-refractivity contribution in [2.75, 3.05) is 16.6 Å². The lowest BCUT2D eigenvalue weighted by molar-refractivity contribution is -0.192. The molecule has 0 aliphatic heterocycles. The predicted octanol–water partition coefficient (Wildman–Crippen LogP) is 5.33. The molecule has 0 aliphatic carbocycles. The minimum absolute atomic E-state index is 0.111. The van der Waals surface area contributed by atoms with Crippen LogP contribution in [0.2, 0.25) is 10.0 Å². The smallest absolute Gasteiger partial charge is 0.475 e. The zero-order valence-corrected chi connectivity index (χ0v) is 21.2. The molecule has 38 heavy (non-hydrogen) atoms. The molecule has 0 saturated heterocycles. The number of halogens is 7. The zero-order chi connectivity index (χ0) is 28.7. The number of carboxylic acid groups (broad SMARTS) is 1. The van der Waals surface area contributed by atoms with Gasteiger partial charge in [-0.3, -0.25) is 4.72 Å². The minimum Gasteiger partial charge on any atom is -0.475 e. The van der Waals surface area contributed by atoms with Gasteiger partial charge in [0.15, 0.2) is 5.82 Å². The number of sulfonamides is 1. The van der Waals surface area contributed by atoms with Crippen LogP contribution >= 0.6 is 23.2 Å².